The van der Waals surface area contributed by atoms with Crippen LogP contribution in [0, 0.1) is 5.92 Å². The minimum absolute atomic E-state index is 0.0354. The highest BCUT2D eigenvalue weighted by atomic mass is 16.5. The van der Waals surface area contributed by atoms with Gasteiger partial charge in [0.2, 0.25) is 0 Å². The van der Waals surface area contributed by atoms with Crippen LogP contribution in [0.15, 0.2) is 12.1 Å². The largest absolute Gasteiger partial charge is 0.384 e. The first kappa shape index (κ1) is 15.8. The summed E-state index contributed by atoms with van der Waals surface area (Å²) < 4.78 is 5.17. The Morgan fingerprint density at radius 1 is 1.48 bits per heavy atom. The number of ether oxygens (including phenoxy) is 1. The van der Waals surface area contributed by atoms with Crippen molar-refractivity contribution in [3.05, 3.63) is 23.4 Å². The summed E-state index contributed by atoms with van der Waals surface area (Å²) in [6, 6.07) is 3.53. The Labute approximate surface area is 126 Å². The molecule has 0 aliphatic carbocycles. The van der Waals surface area contributed by atoms with Crippen LogP contribution in [0.4, 0.5) is 5.82 Å². The van der Waals surface area contributed by atoms with E-state index in [-0.39, 0.29) is 11.3 Å². The molecule has 1 aromatic rings. The number of hydrogen-bond donors (Lipinski definition) is 1. The van der Waals surface area contributed by atoms with Gasteiger partial charge in [0.05, 0.1) is 6.61 Å². The number of nitrogens with two attached hydrogens (primary N) is 1. The number of rotatable bonds is 3. The summed E-state index contributed by atoms with van der Waals surface area (Å²) in [5.74, 6) is 0.867. The van der Waals surface area contributed by atoms with Gasteiger partial charge in [-0.2, -0.15) is 0 Å². The number of aromatic nitrogens is 1. The van der Waals surface area contributed by atoms with Crippen molar-refractivity contribution in [2.24, 2.45) is 5.92 Å². The molecule has 0 bridgehead atoms. The average Bonchev–Trinajstić information content (AvgIpc) is 2.85. The van der Waals surface area contributed by atoms with Crippen molar-refractivity contribution in [2.75, 3.05) is 32.5 Å². The highest BCUT2D eigenvalue weighted by Crippen LogP contribution is 2.24. The maximum Gasteiger partial charge on any atom is 0.254 e. The first-order chi connectivity index (χ1) is 9.81. The first-order valence-corrected chi connectivity index (χ1v) is 7.37. The summed E-state index contributed by atoms with van der Waals surface area (Å²) in [6.45, 7) is 8.42. The molecule has 21 heavy (non-hydrogen) atoms. The lowest BCUT2D eigenvalue weighted by molar-refractivity contribution is 0.0775. The third-order valence-corrected chi connectivity index (χ3v) is 3.84. The molecule has 2 heterocycles. The van der Waals surface area contributed by atoms with E-state index >= 15 is 0 Å². The van der Waals surface area contributed by atoms with E-state index in [9.17, 15) is 4.79 Å². The molecule has 1 fully saturated rings. The van der Waals surface area contributed by atoms with Gasteiger partial charge in [0.1, 0.15) is 5.82 Å². The molecule has 0 spiro atoms. The Kier molecular flexibility index (Phi) is 4.52. The standard InChI is InChI=1S/C16H25N3O2/c1-16(2,3)13-7-12(8-14(17)18-13)15(20)19-6-5-11(9-19)10-21-4/h7-8,11H,5-6,9-10H2,1-4H3,(H2,17,18). The lowest BCUT2D eigenvalue weighted by atomic mass is 9.90. The predicted octanol–water partition coefficient (Wildman–Crippen LogP) is 2.07. The monoisotopic (exact) mass is 291 g/mol. The van der Waals surface area contributed by atoms with Gasteiger partial charge in [0, 0.05) is 42.8 Å². The molecule has 0 saturated carbocycles. The summed E-state index contributed by atoms with van der Waals surface area (Å²) in [7, 11) is 1.70. The highest BCUT2D eigenvalue weighted by Gasteiger charge is 2.28. The van der Waals surface area contributed by atoms with Gasteiger partial charge in [-0.1, -0.05) is 20.8 Å². The molecule has 1 aromatic heterocycles. The van der Waals surface area contributed by atoms with E-state index < -0.39 is 0 Å². The number of nitrogen functional groups attached to an aromatic ring is 1. The maximum absolute atomic E-state index is 12.6. The molecule has 0 radical (unpaired) electrons. The maximum atomic E-state index is 12.6. The van der Waals surface area contributed by atoms with Crippen LogP contribution in [0.25, 0.3) is 0 Å². The number of carbonyl (C=O) groups is 1. The van der Waals surface area contributed by atoms with E-state index in [2.05, 4.69) is 25.8 Å². The number of nitrogens with zero attached hydrogens (tertiary/aromatic N) is 2. The third kappa shape index (κ3) is 3.73. The van der Waals surface area contributed by atoms with Crippen molar-refractivity contribution < 1.29 is 9.53 Å². The Hall–Kier alpha value is -1.62. The molecule has 1 atom stereocenters. The Bertz CT molecular complexity index is 523. The van der Waals surface area contributed by atoms with Crippen molar-refractivity contribution >= 4 is 11.7 Å². The highest BCUT2D eigenvalue weighted by molar-refractivity contribution is 5.95. The number of carbonyl (C=O) groups excluding carboxylic acids is 1. The molecule has 0 aromatic carbocycles. The second-order valence-electron chi connectivity index (χ2n) is 6.78. The molecule has 5 heteroatoms. The summed E-state index contributed by atoms with van der Waals surface area (Å²) in [5, 5.41) is 0. The molecule has 116 valence electrons. The summed E-state index contributed by atoms with van der Waals surface area (Å²) in [5.41, 5.74) is 7.21. The molecule has 1 amide bonds. The number of likely N-dealkylation sites (tertiary alicyclic amines) is 1. The molecule has 5 nitrogen and oxygen atoms in total. The molecule has 1 aliphatic rings. The predicted molar refractivity (Wildman–Crippen MR) is 83.2 cm³/mol. The van der Waals surface area contributed by atoms with Crippen LogP contribution < -0.4 is 5.73 Å². The van der Waals surface area contributed by atoms with E-state index in [0.29, 0.717) is 23.9 Å². The summed E-state index contributed by atoms with van der Waals surface area (Å²) >= 11 is 0. The van der Waals surface area contributed by atoms with Crippen LogP contribution >= 0.6 is 0 Å². The number of anilines is 1. The molecule has 1 aliphatic heterocycles. The zero-order chi connectivity index (χ0) is 15.6. The molecular weight excluding hydrogens is 266 g/mol. The van der Waals surface area contributed by atoms with Crippen molar-refractivity contribution in [3.8, 4) is 0 Å². The average molecular weight is 291 g/mol. The number of methoxy groups -OCH3 is 1. The van der Waals surface area contributed by atoms with Gasteiger partial charge in [0.25, 0.3) is 5.91 Å². The zero-order valence-corrected chi connectivity index (χ0v) is 13.3. The quantitative estimate of drug-likeness (QED) is 0.925. The lowest BCUT2D eigenvalue weighted by Crippen LogP contribution is -2.30. The molecule has 2 N–H and O–H groups in total. The molecule has 1 unspecified atom stereocenters. The fourth-order valence-corrected chi connectivity index (χ4v) is 2.63. The SMILES string of the molecule is COCC1CCN(C(=O)c2cc(N)nc(C(C)(C)C)c2)C1. The van der Waals surface area contributed by atoms with Gasteiger partial charge in [-0.15, -0.1) is 0 Å². The minimum atomic E-state index is -0.131. The minimum Gasteiger partial charge on any atom is -0.384 e. The Morgan fingerprint density at radius 3 is 2.81 bits per heavy atom. The zero-order valence-electron chi connectivity index (χ0n) is 13.3. The van der Waals surface area contributed by atoms with Crippen molar-refractivity contribution in [3.63, 3.8) is 0 Å². The Balaban J connectivity index is 2.18. The first-order valence-electron chi connectivity index (χ1n) is 7.37. The van der Waals surface area contributed by atoms with Gasteiger partial charge in [-0.25, -0.2) is 4.98 Å². The van der Waals surface area contributed by atoms with E-state index in [0.717, 1.165) is 25.2 Å². The molecule has 2 rings (SSSR count). The Morgan fingerprint density at radius 2 is 2.19 bits per heavy atom. The molecule has 1 saturated heterocycles. The molecular formula is C16H25N3O2. The second-order valence-corrected chi connectivity index (χ2v) is 6.78. The van der Waals surface area contributed by atoms with Crippen LogP contribution in [0.2, 0.25) is 0 Å². The summed E-state index contributed by atoms with van der Waals surface area (Å²) in [6.07, 6.45) is 0.992. The second kappa shape index (κ2) is 6.02. The topological polar surface area (TPSA) is 68.5 Å². The van der Waals surface area contributed by atoms with Gasteiger partial charge < -0.3 is 15.4 Å². The van der Waals surface area contributed by atoms with Gasteiger partial charge in [-0.05, 0) is 18.6 Å². The van der Waals surface area contributed by atoms with Crippen molar-refractivity contribution in [1.82, 2.24) is 9.88 Å². The lowest BCUT2D eigenvalue weighted by Gasteiger charge is -2.21. The van der Waals surface area contributed by atoms with E-state index in [1.54, 1.807) is 13.2 Å². The van der Waals surface area contributed by atoms with Crippen LogP contribution in [-0.2, 0) is 10.2 Å². The van der Waals surface area contributed by atoms with Gasteiger partial charge in [0.15, 0.2) is 0 Å². The fourth-order valence-electron chi connectivity index (χ4n) is 2.63. The van der Waals surface area contributed by atoms with E-state index in [1.165, 1.54) is 0 Å². The van der Waals surface area contributed by atoms with E-state index in [1.807, 2.05) is 11.0 Å². The third-order valence-electron chi connectivity index (χ3n) is 3.84. The summed E-state index contributed by atoms with van der Waals surface area (Å²) in [4.78, 5) is 18.9. The number of amides is 1. The number of hydrogen-bond acceptors (Lipinski definition) is 4. The fraction of sp³-hybridized carbons (Fsp3) is 0.625. The smallest absolute Gasteiger partial charge is 0.254 e. The van der Waals surface area contributed by atoms with Gasteiger partial charge in [-0.3, -0.25) is 4.79 Å². The van der Waals surface area contributed by atoms with Crippen LogP contribution in [0.3, 0.4) is 0 Å². The van der Waals surface area contributed by atoms with Gasteiger partial charge >= 0.3 is 0 Å². The van der Waals surface area contributed by atoms with Crippen molar-refractivity contribution in [1.29, 1.82) is 0 Å². The van der Waals surface area contributed by atoms with Crippen LogP contribution in [0.5, 0.6) is 0 Å². The van der Waals surface area contributed by atoms with Crippen LogP contribution in [0.1, 0.15) is 43.2 Å². The van der Waals surface area contributed by atoms with Crippen LogP contribution in [-0.4, -0.2) is 42.6 Å². The number of pyridine rings is 1. The van der Waals surface area contributed by atoms with E-state index in [4.69, 9.17) is 10.5 Å². The normalized spacial score (nSPS) is 19.0. The van der Waals surface area contributed by atoms with Crippen molar-refractivity contribution in [2.45, 2.75) is 32.6 Å².